The van der Waals surface area contributed by atoms with Crippen LogP contribution in [0.5, 0.6) is 5.75 Å². The van der Waals surface area contributed by atoms with Crippen molar-refractivity contribution < 1.29 is 18.7 Å². The molecule has 0 bridgehead atoms. The molecule has 0 radical (unpaired) electrons. The highest BCUT2D eigenvalue weighted by Crippen LogP contribution is 2.34. The van der Waals surface area contributed by atoms with Crippen molar-refractivity contribution in [1.29, 1.82) is 0 Å². The van der Waals surface area contributed by atoms with Crippen molar-refractivity contribution in [3.05, 3.63) is 88.3 Å². The van der Waals surface area contributed by atoms with E-state index in [1.165, 1.54) is 6.92 Å². The van der Waals surface area contributed by atoms with Gasteiger partial charge in [0.2, 0.25) is 5.88 Å². The number of hydrogen-bond donors (Lipinski definition) is 2. The molecule has 0 saturated carbocycles. The second-order valence-electron chi connectivity index (χ2n) is 7.62. The number of ether oxygens (including phenoxy) is 1. The number of esters is 1. The van der Waals surface area contributed by atoms with Crippen LogP contribution in [0.4, 0.5) is 16.4 Å². The van der Waals surface area contributed by atoms with Crippen LogP contribution in [0.25, 0.3) is 21.9 Å². The molecular formula is C26H22N2O5. The molecule has 166 valence electrons. The first kappa shape index (κ1) is 21.8. The van der Waals surface area contributed by atoms with Gasteiger partial charge in [0.1, 0.15) is 5.75 Å². The molecule has 2 amide bonds. The minimum Gasteiger partial charge on any atom is -0.426 e. The molecule has 0 fully saturated rings. The Morgan fingerprint density at radius 2 is 1.45 bits per heavy atom. The minimum atomic E-state index is -0.579. The number of benzene rings is 3. The third kappa shape index (κ3) is 4.62. The first-order valence-corrected chi connectivity index (χ1v) is 10.3. The first-order valence-electron chi connectivity index (χ1n) is 10.3. The molecule has 3 aromatic carbocycles. The summed E-state index contributed by atoms with van der Waals surface area (Å²) >= 11 is 0. The number of fused-ring (bicyclic) bond motifs is 1. The lowest BCUT2D eigenvalue weighted by Crippen LogP contribution is -2.21. The number of urea groups is 1. The molecule has 2 N–H and O–H groups in total. The number of amides is 2. The molecule has 7 nitrogen and oxygen atoms in total. The SMILES string of the molecule is CC(=O)Oc1c(C)cc(NC(=O)Nc2oc(=O)c3ccccc3c2-c2ccccc2)cc1C. The Morgan fingerprint density at radius 1 is 0.848 bits per heavy atom. The molecular weight excluding hydrogens is 420 g/mol. The quantitative estimate of drug-likeness (QED) is 0.315. The predicted octanol–water partition coefficient (Wildman–Crippen LogP) is 5.65. The highest BCUT2D eigenvalue weighted by atomic mass is 16.5. The van der Waals surface area contributed by atoms with Gasteiger partial charge in [-0.3, -0.25) is 10.1 Å². The van der Waals surface area contributed by atoms with Crippen LogP contribution in [0, 0.1) is 13.8 Å². The molecule has 0 aliphatic carbocycles. The van der Waals surface area contributed by atoms with Crippen LogP contribution in [0.3, 0.4) is 0 Å². The van der Waals surface area contributed by atoms with Crippen LogP contribution in [0.15, 0.2) is 75.9 Å². The number of anilines is 2. The molecule has 4 rings (SSSR count). The summed E-state index contributed by atoms with van der Waals surface area (Å²) in [6, 6.07) is 19.3. The molecule has 0 aliphatic rings. The third-order valence-electron chi connectivity index (χ3n) is 5.09. The second kappa shape index (κ2) is 9.00. The lowest BCUT2D eigenvalue weighted by atomic mass is 10.0. The van der Waals surface area contributed by atoms with Crippen LogP contribution >= 0.6 is 0 Å². The second-order valence-corrected chi connectivity index (χ2v) is 7.62. The van der Waals surface area contributed by atoms with E-state index in [-0.39, 0.29) is 5.88 Å². The van der Waals surface area contributed by atoms with Gasteiger partial charge in [-0.05, 0) is 48.7 Å². The largest absolute Gasteiger partial charge is 0.426 e. The summed E-state index contributed by atoms with van der Waals surface area (Å²) in [5, 5.41) is 6.52. The zero-order valence-electron chi connectivity index (χ0n) is 18.4. The van der Waals surface area contributed by atoms with Crippen molar-refractivity contribution in [2.45, 2.75) is 20.8 Å². The maximum Gasteiger partial charge on any atom is 0.345 e. The van der Waals surface area contributed by atoms with Gasteiger partial charge in [-0.25, -0.2) is 9.59 Å². The molecule has 0 unspecified atom stereocenters. The zero-order chi connectivity index (χ0) is 23.5. The zero-order valence-corrected chi connectivity index (χ0v) is 18.4. The Hall–Kier alpha value is -4.39. The van der Waals surface area contributed by atoms with Gasteiger partial charge in [0.05, 0.1) is 10.9 Å². The summed E-state index contributed by atoms with van der Waals surface area (Å²) < 4.78 is 10.7. The van der Waals surface area contributed by atoms with E-state index < -0.39 is 17.6 Å². The smallest absolute Gasteiger partial charge is 0.345 e. The maximum atomic E-state index is 12.8. The Labute approximate surface area is 190 Å². The number of carbonyl (C=O) groups is 2. The molecule has 33 heavy (non-hydrogen) atoms. The van der Waals surface area contributed by atoms with Crippen LogP contribution in [-0.2, 0) is 4.79 Å². The van der Waals surface area contributed by atoms with Crippen molar-refractivity contribution in [3.8, 4) is 16.9 Å². The Morgan fingerprint density at radius 3 is 2.09 bits per heavy atom. The fraction of sp³-hybridized carbons (Fsp3) is 0.115. The van der Waals surface area contributed by atoms with Crippen molar-refractivity contribution in [3.63, 3.8) is 0 Å². The number of rotatable bonds is 4. The number of nitrogens with one attached hydrogen (secondary N) is 2. The molecule has 7 heteroatoms. The molecule has 0 saturated heterocycles. The summed E-state index contributed by atoms with van der Waals surface area (Å²) in [4.78, 5) is 36.7. The molecule has 1 aromatic heterocycles. The molecule has 0 aliphatic heterocycles. The van der Waals surface area contributed by atoms with Gasteiger partial charge in [-0.15, -0.1) is 0 Å². The lowest BCUT2D eigenvalue weighted by molar-refractivity contribution is -0.131. The van der Waals surface area contributed by atoms with Crippen molar-refractivity contribution in [2.24, 2.45) is 0 Å². The van der Waals surface area contributed by atoms with E-state index in [1.807, 2.05) is 42.5 Å². The van der Waals surface area contributed by atoms with E-state index >= 15 is 0 Å². The van der Waals surface area contributed by atoms with Gasteiger partial charge in [-0.1, -0.05) is 48.5 Å². The minimum absolute atomic E-state index is 0.0485. The lowest BCUT2D eigenvalue weighted by Gasteiger charge is -2.15. The summed E-state index contributed by atoms with van der Waals surface area (Å²) in [5.74, 6) is 0.0900. The average molecular weight is 442 g/mol. The number of aryl methyl sites for hydroxylation is 2. The van der Waals surface area contributed by atoms with Crippen molar-refractivity contribution >= 4 is 34.3 Å². The first-order chi connectivity index (χ1) is 15.8. The van der Waals surface area contributed by atoms with Crippen LogP contribution < -0.4 is 21.0 Å². The maximum absolute atomic E-state index is 12.8. The summed E-state index contributed by atoms with van der Waals surface area (Å²) in [5.41, 5.74) is 2.76. The molecule has 0 atom stereocenters. The van der Waals surface area contributed by atoms with Gasteiger partial charge in [0.15, 0.2) is 0 Å². The topological polar surface area (TPSA) is 97.6 Å². The van der Waals surface area contributed by atoms with Gasteiger partial charge < -0.3 is 14.5 Å². The predicted molar refractivity (Wildman–Crippen MR) is 128 cm³/mol. The molecule has 4 aromatic rings. The Balaban J connectivity index is 1.69. The monoisotopic (exact) mass is 442 g/mol. The van der Waals surface area contributed by atoms with Gasteiger partial charge in [-0.2, -0.15) is 0 Å². The van der Waals surface area contributed by atoms with E-state index in [0.29, 0.717) is 38.9 Å². The summed E-state index contributed by atoms with van der Waals surface area (Å²) in [6.07, 6.45) is 0. The number of carbonyl (C=O) groups excluding carboxylic acids is 2. The van der Waals surface area contributed by atoms with Gasteiger partial charge in [0, 0.05) is 18.0 Å². The van der Waals surface area contributed by atoms with E-state index in [0.717, 1.165) is 5.56 Å². The highest BCUT2D eigenvalue weighted by Gasteiger charge is 2.18. The van der Waals surface area contributed by atoms with Gasteiger partial charge in [0.25, 0.3) is 0 Å². The van der Waals surface area contributed by atoms with E-state index in [9.17, 15) is 14.4 Å². The van der Waals surface area contributed by atoms with Crippen molar-refractivity contribution in [2.75, 3.05) is 10.6 Å². The average Bonchev–Trinajstić information content (AvgIpc) is 2.77. The highest BCUT2D eigenvalue weighted by molar-refractivity contribution is 6.06. The van der Waals surface area contributed by atoms with E-state index in [4.69, 9.17) is 9.15 Å². The fourth-order valence-electron chi connectivity index (χ4n) is 3.77. The van der Waals surface area contributed by atoms with Gasteiger partial charge >= 0.3 is 17.6 Å². The van der Waals surface area contributed by atoms with Crippen LogP contribution in [0.2, 0.25) is 0 Å². The fourth-order valence-corrected chi connectivity index (χ4v) is 3.77. The Kier molecular flexibility index (Phi) is 5.95. The van der Waals surface area contributed by atoms with Crippen LogP contribution in [0.1, 0.15) is 18.1 Å². The summed E-state index contributed by atoms with van der Waals surface area (Å²) in [7, 11) is 0. The number of hydrogen-bond acceptors (Lipinski definition) is 5. The van der Waals surface area contributed by atoms with E-state index in [1.54, 1.807) is 38.1 Å². The standard InChI is InChI=1S/C26H22N2O5/c1-15-13-19(14-16(2)23(15)32-17(3)29)27-26(31)28-24-22(18-9-5-4-6-10-18)20-11-7-8-12-21(20)25(30)33-24/h4-14H,1-3H3,(H2,27,28,31). The van der Waals surface area contributed by atoms with Crippen molar-refractivity contribution in [1.82, 2.24) is 0 Å². The Bertz CT molecular complexity index is 1400. The van der Waals surface area contributed by atoms with Crippen LogP contribution in [-0.4, -0.2) is 12.0 Å². The van der Waals surface area contributed by atoms with E-state index in [2.05, 4.69) is 10.6 Å². The molecule has 0 spiro atoms. The summed E-state index contributed by atoms with van der Waals surface area (Å²) in [6.45, 7) is 4.90. The third-order valence-corrected chi connectivity index (χ3v) is 5.09. The normalized spacial score (nSPS) is 10.6. The molecule has 1 heterocycles.